The molecular weight excluding hydrogens is 184 g/mol. The first kappa shape index (κ1) is 10.3. The first-order valence-corrected chi connectivity index (χ1v) is 4.42. The molecule has 0 saturated heterocycles. The van der Waals surface area contributed by atoms with E-state index in [9.17, 15) is 9.59 Å². The van der Waals surface area contributed by atoms with Gasteiger partial charge in [0.2, 0.25) is 0 Å². The smallest absolute Gasteiger partial charge is 0.247 e. The fourth-order valence-electron chi connectivity index (χ4n) is 1.47. The molecule has 0 atom stereocenters. The summed E-state index contributed by atoms with van der Waals surface area (Å²) in [6, 6.07) is 2.02. The first-order chi connectivity index (χ1) is 6.61. The average Bonchev–Trinajstić information content (AvgIpc) is 2.53. The van der Waals surface area contributed by atoms with E-state index in [2.05, 4.69) is 10.2 Å². The molecule has 1 heterocycles. The summed E-state index contributed by atoms with van der Waals surface area (Å²) in [6.07, 6.45) is 0.835. The highest BCUT2D eigenvalue weighted by Gasteiger charge is 2.31. The van der Waals surface area contributed by atoms with E-state index in [1.165, 1.54) is 0 Å². The van der Waals surface area contributed by atoms with Gasteiger partial charge >= 0.3 is 11.4 Å². The average molecular weight is 196 g/mol. The summed E-state index contributed by atoms with van der Waals surface area (Å²) in [4.78, 5) is 22.6. The Kier molecular flexibility index (Phi) is 2.60. The second-order valence-corrected chi connectivity index (χ2v) is 3.05. The third kappa shape index (κ3) is 1.27. The third-order valence-corrected chi connectivity index (χ3v) is 2.49. The molecule has 0 aliphatic carbocycles. The van der Waals surface area contributed by atoms with E-state index in [1.54, 1.807) is 13.8 Å². The van der Waals surface area contributed by atoms with Crippen molar-refractivity contribution in [2.24, 2.45) is 0 Å². The topological polar surface area (TPSA) is 94.4 Å². The highest BCUT2D eigenvalue weighted by Crippen LogP contribution is 2.20. The van der Waals surface area contributed by atoms with Crippen molar-refractivity contribution in [3.05, 3.63) is 21.0 Å². The van der Waals surface area contributed by atoms with Crippen LogP contribution in [0.25, 0.3) is 0 Å². The van der Waals surface area contributed by atoms with Gasteiger partial charge in [0, 0.05) is 0 Å². The standard InChI is InChI=1S/C8H12N4O2/c1-3-8(4-2,5-9)12-6(13)10-11-7(12)14/h3-4H2,1-2H3,(H,10,13)(H,11,14). The molecule has 0 amide bonds. The van der Waals surface area contributed by atoms with Crippen LogP contribution in [-0.4, -0.2) is 14.8 Å². The molecule has 0 radical (unpaired) electrons. The Labute approximate surface area is 80.2 Å². The molecule has 76 valence electrons. The van der Waals surface area contributed by atoms with E-state index in [0.29, 0.717) is 12.8 Å². The number of nitrogens with one attached hydrogen (secondary N) is 2. The van der Waals surface area contributed by atoms with Gasteiger partial charge < -0.3 is 0 Å². The second kappa shape index (κ2) is 3.54. The Hall–Kier alpha value is -1.77. The van der Waals surface area contributed by atoms with Crippen molar-refractivity contribution < 1.29 is 0 Å². The van der Waals surface area contributed by atoms with Crippen LogP contribution in [0.15, 0.2) is 9.59 Å². The number of aromatic nitrogens is 3. The Balaban J connectivity index is 3.48. The zero-order valence-electron chi connectivity index (χ0n) is 8.13. The minimum Gasteiger partial charge on any atom is -0.247 e. The molecule has 2 N–H and O–H groups in total. The van der Waals surface area contributed by atoms with E-state index < -0.39 is 16.9 Å². The Bertz CT molecular complexity index is 427. The fourth-order valence-corrected chi connectivity index (χ4v) is 1.47. The largest absolute Gasteiger partial charge is 0.345 e. The summed E-state index contributed by atoms with van der Waals surface area (Å²) < 4.78 is 0.937. The SMILES string of the molecule is CCC(C#N)(CC)n1c(=O)[nH][nH]c1=O. The summed E-state index contributed by atoms with van der Waals surface area (Å²) in [5.41, 5.74) is -2.18. The molecule has 0 bridgehead atoms. The van der Waals surface area contributed by atoms with Gasteiger partial charge in [-0.25, -0.2) is 24.4 Å². The zero-order valence-corrected chi connectivity index (χ0v) is 8.13. The fraction of sp³-hybridized carbons (Fsp3) is 0.625. The molecule has 1 aromatic rings. The van der Waals surface area contributed by atoms with Gasteiger partial charge in [-0.3, -0.25) is 0 Å². The number of hydrogen-bond donors (Lipinski definition) is 2. The number of hydrogen-bond acceptors (Lipinski definition) is 3. The lowest BCUT2D eigenvalue weighted by molar-refractivity contribution is 0.337. The summed E-state index contributed by atoms with van der Waals surface area (Å²) in [7, 11) is 0. The first-order valence-electron chi connectivity index (χ1n) is 4.42. The van der Waals surface area contributed by atoms with Gasteiger partial charge in [-0.15, -0.1) is 0 Å². The molecular formula is C8H12N4O2. The van der Waals surface area contributed by atoms with Gasteiger partial charge in [-0.2, -0.15) is 5.26 Å². The predicted molar refractivity (Wildman–Crippen MR) is 49.8 cm³/mol. The quantitative estimate of drug-likeness (QED) is 0.706. The number of aromatic amines is 2. The lowest BCUT2D eigenvalue weighted by atomic mass is 9.95. The van der Waals surface area contributed by atoms with E-state index >= 15 is 0 Å². The summed E-state index contributed by atoms with van der Waals surface area (Å²) >= 11 is 0. The van der Waals surface area contributed by atoms with Crippen molar-refractivity contribution in [2.45, 2.75) is 32.2 Å². The van der Waals surface area contributed by atoms with E-state index in [4.69, 9.17) is 5.26 Å². The minimum atomic E-state index is -1.04. The van der Waals surface area contributed by atoms with Gasteiger partial charge in [0.05, 0.1) is 6.07 Å². The molecule has 6 nitrogen and oxygen atoms in total. The predicted octanol–water partition coefficient (Wildman–Crippen LogP) is -0.0964. The van der Waals surface area contributed by atoms with Crippen molar-refractivity contribution in [3.63, 3.8) is 0 Å². The molecule has 0 aliphatic heterocycles. The molecule has 0 spiro atoms. The van der Waals surface area contributed by atoms with Crippen LogP contribution in [0, 0.1) is 11.3 Å². The highest BCUT2D eigenvalue weighted by atomic mass is 16.2. The number of rotatable bonds is 3. The van der Waals surface area contributed by atoms with Crippen molar-refractivity contribution >= 4 is 0 Å². The molecule has 0 aromatic carbocycles. The molecule has 0 aliphatic rings. The molecule has 14 heavy (non-hydrogen) atoms. The summed E-state index contributed by atoms with van der Waals surface area (Å²) in [6.45, 7) is 3.54. The Morgan fingerprint density at radius 2 is 1.71 bits per heavy atom. The van der Waals surface area contributed by atoms with Gasteiger partial charge in [0.25, 0.3) is 0 Å². The van der Waals surface area contributed by atoms with Gasteiger partial charge in [0.1, 0.15) is 5.54 Å². The van der Waals surface area contributed by atoms with Crippen LogP contribution in [0.2, 0.25) is 0 Å². The van der Waals surface area contributed by atoms with Crippen LogP contribution < -0.4 is 11.4 Å². The maximum atomic E-state index is 11.3. The Morgan fingerprint density at radius 3 is 2.00 bits per heavy atom. The molecule has 6 heteroatoms. The maximum absolute atomic E-state index is 11.3. The van der Waals surface area contributed by atoms with Crippen LogP contribution in [0.1, 0.15) is 26.7 Å². The summed E-state index contributed by atoms with van der Waals surface area (Å²) in [5.74, 6) is 0. The van der Waals surface area contributed by atoms with Crippen LogP contribution in [0.5, 0.6) is 0 Å². The van der Waals surface area contributed by atoms with Gasteiger partial charge in [0.15, 0.2) is 0 Å². The van der Waals surface area contributed by atoms with Crippen LogP contribution in [0.3, 0.4) is 0 Å². The molecule has 1 aromatic heterocycles. The highest BCUT2D eigenvalue weighted by molar-refractivity contribution is 5.04. The minimum absolute atomic E-state index is 0.418. The monoisotopic (exact) mass is 196 g/mol. The lowest BCUT2D eigenvalue weighted by Gasteiger charge is -2.22. The number of H-pyrrole nitrogens is 2. The molecule has 0 fully saturated rings. The van der Waals surface area contributed by atoms with Gasteiger partial charge in [-0.1, -0.05) is 13.8 Å². The third-order valence-electron chi connectivity index (χ3n) is 2.49. The van der Waals surface area contributed by atoms with E-state index in [-0.39, 0.29) is 0 Å². The van der Waals surface area contributed by atoms with Gasteiger partial charge in [-0.05, 0) is 12.8 Å². The van der Waals surface area contributed by atoms with Crippen molar-refractivity contribution in [2.75, 3.05) is 0 Å². The molecule has 0 unspecified atom stereocenters. The molecule has 0 saturated carbocycles. The Morgan fingerprint density at radius 1 is 1.29 bits per heavy atom. The van der Waals surface area contributed by atoms with E-state index in [0.717, 1.165) is 4.57 Å². The molecule has 1 rings (SSSR count). The van der Waals surface area contributed by atoms with Crippen molar-refractivity contribution in [1.29, 1.82) is 5.26 Å². The number of nitriles is 1. The van der Waals surface area contributed by atoms with Crippen molar-refractivity contribution in [1.82, 2.24) is 14.8 Å². The lowest BCUT2D eigenvalue weighted by Crippen LogP contribution is -2.44. The normalized spacial score (nSPS) is 11.2. The van der Waals surface area contributed by atoms with Crippen LogP contribution in [0.4, 0.5) is 0 Å². The summed E-state index contributed by atoms with van der Waals surface area (Å²) in [5, 5.41) is 13.3. The zero-order chi connectivity index (χ0) is 10.8. The van der Waals surface area contributed by atoms with Crippen molar-refractivity contribution in [3.8, 4) is 6.07 Å². The van der Waals surface area contributed by atoms with Crippen LogP contribution in [-0.2, 0) is 5.54 Å². The second-order valence-electron chi connectivity index (χ2n) is 3.05. The van der Waals surface area contributed by atoms with Crippen LogP contribution >= 0.6 is 0 Å². The van der Waals surface area contributed by atoms with E-state index in [1.807, 2.05) is 6.07 Å². The number of nitrogens with zero attached hydrogens (tertiary/aromatic N) is 2. The maximum Gasteiger partial charge on any atom is 0.345 e.